The number of esters is 1. The van der Waals surface area contributed by atoms with Crippen LogP contribution in [0.15, 0.2) is 30.6 Å². The van der Waals surface area contributed by atoms with Crippen LogP contribution in [0, 0.1) is 11.1 Å². The van der Waals surface area contributed by atoms with Gasteiger partial charge in [-0.05, 0) is 36.5 Å². The molecule has 1 N–H and O–H groups in total. The standard InChI is InChI=1S/C22H22Cl2F2N2O5S.H2S/c23-15-7-28(30)8-16(24)14(15)6-19(32-21(29)17-10-34-11-27-17)13-3-4-18(33-22(25)26)20(5-13)31-9-12-1-2-12;/h3-5,7-8,12,17,19,22,27H,1-2,6,9-11H2;1H2/t17-,19+;/m1./s1. The molecule has 2 atom stereocenters. The minimum Gasteiger partial charge on any atom is -0.619 e. The van der Waals surface area contributed by atoms with Crippen molar-refractivity contribution in [1.29, 1.82) is 0 Å². The molecule has 7 nitrogen and oxygen atoms in total. The summed E-state index contributed by atoms with van der Waals surface area (Å²) in [6.45, 7) is -2.65. The molecule has 35 heavy (non-hydrogen) atoms. The Morgan fingerprint density at radius 2 is 1.94 bits per heavy atom. The topological polar surface area (TPSA) is 83.7 Å². The van der Waals surface area contributed by atoms with E-state index in [-0.39, 0.29) is 41.5 Å². The first-order chi connectivity index (χ1) is 16.3. The molecule has 1 aliphatic heterocycles. The van der Waals surface area contributed by atoms with Crippen molar-refractivity contribution in [1.82, 2.24) is 5.32 Å². The average molecular weight is 569 g/mol. The molecular formula is C22H24Cl2F2N2O5S2. The van der Waals surface area contributed by atoms with E-state index < -0.39 is 24.7 Å². The summed E-state index contributed by atoms with van der Waals surface area (Å²) in [5.41, 5.74) is 0.896. The minimum absolute atomic E-state index is 0. The summed E-state index contributed by atoms with van der Waals surface area (Å²) in [5.74, 6) is 1.12. The van der Waals surface area contributed by atoms with Gasteiger partial charge in [-0.25, -0.2) is 0 Å². The van der Waals surface area contributed by atoms with Crippen LogP contribution in [0.4, 0.5) is 8.78 Å². The molecule has 2 heterocycles. The van der Waals surface area contributed by atoms with E-state index in [1.807, 2.05) is 0 Å². The molecule has 1 aromatic carbocycles. The van der Waals surface area contributed by atoms with Gasteiger partial charge in [0.1, 0.15) is 22.2 Å². The molecule has 13 heteroatoms. The molecule has 2 aromatic rings. The zero-order valence-corrected chi connectivity index (χ0v) is 21.7. The van der Waals surface area contributed by atoms with Crippen molar-refractivity contribution in [2.75, 3.05) is 18.2 Å². The number of nitrogens with one attached hydrogen (secondary N) is 1. The number of hydrogen-bond acceptors (Lipinski definition) is 7. The van der Waals surface area contributed by atoms with E-state index >= 15 is 0 Å². The second-order valence-corrected chi connectivity index (χ2v) is 9.88. The molecule has 2 aliphatic rings. The van der Waals surface area contributed by atoms with Gasteiger partial charge in [-0.3, -0.25) is 10.1 Å². The van der Waals surface area contributed by atoms with Crippen molar-refractivity contribution in [2.24, 2.45) is 5.92 Å². The van der Waals surface area contributed by atoms with E-state index in [4.69, 9.17) is 32.7 Å². The van der Waals surface area contributed by atoms with Crippen molar-refractivity contribution in [3.63, 3.8) is 0 Å². The van der Waals surface area contributed by atoms with E-state index in [9.17, 15) is 18.8 Å². The van der Waals surface area contributed by atoms with Crippen molar-refractivity contribution in [3.05, 3.63) is 57.0 Å². The number of ether oxygens (including phenoxy) is 3. The summed E-state index contributed by atoms with van der Waals surface area (Å²) < 4.78 is 42.5. The van der Waals surface area contributed by atoms with Crippen LogP contribution in [0.2, 0.25) is 10.0 Å². The molecule has 0 spiro atoms. The summed E-state index contributed by atoms with van der Waals surface area (Å²) in [7, 11) is 0. The van der Waals surface area contributed by atoms with Gasteiger partial charge >= 0.3 is 12.6 Å². The second kappa shape index (κ2) is 12.5. The first-order valence-corrected chi connectivity index (χ1v) is 12.5. The number of carbonyl (C=O) groups is 1. The Balaban J connectivity index is 0.00000342. The van der Waals surface area contributed by atoms with Gasteiger partial charge in [-0.1, -0.05) is 29.3 Å². The molecular weight excluding hydrogens is 545 g/mol. The monoisotopic (exact) mass is 568 g/mol. The zero-order chi connectivity index (χ0) is 24.2. The SMILES string of the molecule is O=C(O[C@@H](Cc1c(Cl)c[n+]([O-])cc1Cl)c1ccc(OC(F)F)c(OCC2CC2)c1)[C@H]1CSCN1.S. The highest BCUT2D eigenvalue weighted by Gasteiger charge is 2.30. The van der Waals surface area contributed by atoms with Gasteiger partial charge in [-0.2, -0.15) is 27.0 Å². The van der Waals surface area contributed by atoms with Gasteiger partial charge in [0.15, 0.2) is 23.9 Å². The van der Waals surface area contributed by atoms with Crippen LogP contribution in [0.25, 0.3) is 0 Å². The fraction of sp³-hybridized carbons (Fsp3) is 0.455. The normalized spacial score (nSPS) is 18.1. The molecule has 1 aliphatic carbocycles. The van der Waals surface area contributed by atoms with E-state index in [0.717, 1.165) is 25.2 Å². The third-order valence-electron chi connectivity index (χ3n) is 5.43. The molecule has 0 amide bonds. The number of nitrogens with zero attached hydrogens (tertiary/aromatic N) is 1. The predicted octanol–water partition coefficient (Wildman–Crippen LogP) is 4.62. The van der Waals surface area contributed by atoms with Gasteiger partial charge in [0.05, 0.1) is 6.61 Å². The maximum Gasteiger partial charge on any atom is 0.387 e. The third kappa shape index (κ3) is 7.66. The number of alkyl halides is 2. The highest BCUT2D eigenvalue weighted by Crippen LogP contribution is 2.38. The lowest BCUT2D eigenvalue weighted by molar-refractivity contribution is -0.605. The fourth-order valence-corrected chi connectivity index (χ4v) is 4.96. The van der Waals surface area contributed by atoms with Crippen LogP contribution in [0.3, 0.4) is 0 Å². The largest absolute Gasteiger partial charge is 0.619 e. The Morgan fingerprint density at radius 3 is 2.54 bits per heavy atom. The minimum atomic E-state index is -3.02. The van der Waals surface area contributed by atoms with Crippen molar-refractivity contribution >= 4 is 54.4 Å². The molecule has 1 aromatic heterocycles. The second-order valence-electron chi connectivity index (χ2n) is 8.03. The zero-order valence-electron chi connectivity index (χ0n) is 18.3. The number of hydrogen-bond donors (Lipinski definition) is 1. The van der Waals surface area contributed by atoms with Gasteiger partial charge < -0.3 is 19.4 Å². The summed E-state index contributed by atoms with van der Waals surface area (Å²) in [4.78, 5) is 12.8. The summed E-state index contributed by atoms with van der Waals surface area (Å²) in [6, 6.07) is 3.92. The first kappa shape index (κ1) is 27.9. The Hall–Kier alpha value is -1.66. The molecule has 0 bridgehead atoms. The maximum atomic E-state index is 12.9. The number of pyridine rings is 1. The van der Waals surface area contributed by atoms with E-state index in [1.165, 1.54) is 18.2 Å². The van der Waals surface area contributed by atoms with E-state index in [2.05, 4.69) is 10.1 Å². The molecule has 0 unspecified atom stereocenters. The van der Waals surface area contributed by atoms with Gasteiger partial charge in [0, 0.05) is 23.6 Å². The summed E-state index contributed by atoms with van der Waals surface area (Å²) in [5, 5.41) is 14.9. The Kier molecular flexibility index (Phi) is 10.00. The predicted molar refractivity (Wildman–Crippen MR) is 134 cm³/mol. The first-order valence-electron chi connectivity index (χ1n) is 10.6. The van der Waals surface area contributed by atoms with Gasteiger partial charge in [-0.15, -0.1) is 11.8 Å². The smallest absolute Gasteiger partial charge is 0.387 e. The van der Waals surface area contributed by atoms with Crippen molar-refractivity contribution < 1.29 is 32.5 Å². The van der Waals surface area contributed by atoms with Crippen LogP contribution in [-0.4, -0.2) is 36.9 Å². The Bertz CT molecular complexity index is 1020. The number of benzene rings is 1. The quantitative estimate of drug-likeness (QED) is 0.254. The average Bonchev–Trinajstić information content (AvgIpc) is 3.44. The molecule has 2 fully saturated rings. The Morgan fingerprint density at radius 1 is 1.23 bits per heavy atom. The number of halogens is 4. The van der Waals surface area contributed by atoms with Crippen LogP contribution in [0.1, 0.15) is 30.1 Å². The molecule has 4 rings (SSSR count). The highest BCUT2D eigenvalue weighted by atomic mass is 35.5. The molecule has 1 saturated carbocycles. The van der Waals surface area contributed by atoms with E-state index in [0.29, 0.717) is 40.0 Å². The lowest BCUT2D eigenvalue weighted by Crippen LogP contribution is -2.35. The number of aromatic nitrogens is 1. The molecule has 192 valence electrons. The molecule has 1 saturated heterocycles. The summed E-state index contributed by atoms with van der Waals surface area (Å²) >= 11 is 14.1. The van der Waals surface area contributed by atoms with Crippen molar-refractivity contribution in [3.8, 4) is 11.5 Å². The van der Waals surface area contributed by atoms with Crippen LogP contribution in [0.5, 0.6) is 11.5 Å². The maximum absolute atomic E-state index is 12.9. The number of carbonyl (C=O) groups excluding carboxylic acids is 1. The van der Waals surface area contributed by atoms with Crippen LogP contribution in [-0.2, 0) is 16.0 Å². The van der Waals surface area contributed by atoms with Crippen LogP contribution >= 0.6 is 48.5 Å². The lowest BCUT2D eigenvalue weighted by Gasteiger charge is -2.22. The lowest BCUT2D eigenvalue weighted by atomic mass is 10.0. The summed E-state index contributed by atoms with van der Waals surface area (Å²) in [6.07, 6.45) is 3.52. The number of thioether (sulfide) groups is 1. The number of rotatable bonds is 10. The Labute approximate surface area is 222 Å². The molecule has 0 radical (unpaired) electrons. The fourth-order valence-electron chi connectivity index (χ4n) is 3.43. The van der Waals surface area contributed by atoms with Crippen LogP contribution < -0.4 is 19.5 Å². The third-order valence-corrected chi connectivity index (χ3v) is 7.02. The highest BCUT2D eigenvalue weighted by molar-refractivity contribution is 7.99. The van der Waals surface area contributed by atoms with Gasteiger partial charge in [0.25, 0.3) is 0 Å². The van der Waals surface area contributed by atoms with Gasteiger partial charge in [0.2, 0.25) is 0 Å². The van der Waals surface area contributed by atoms with E-state index in [1.54, 1.807) is 11.8 Å². The van der Waals surface area contributed by atoms with Crippen molar-refractivity contribution in [2.45, 2.75) is 38.0 Å².